The SMILES string of the molecule is [Ir].[c-]1ccc(-c2ccccc2-c2ccccc2)c2ccc3cccnc3c12. The maximum atomic E-state index is 4.59. The number of hydrogen-bond acceptors (Lipinski definition) is 1. The molecule has 0 unspecified atom stereocenters. The van der Waals surface area contributed by atoms with E-state index in [0.29, 0.717) is 0 Å². The van der Waals surface area contributed by atoms with E-state index in [1.807, 2.05) is 18.3 Å². The maximum absolute atomic E-state index is 4.59. The topological polar surface area (TPSA) is 12.9 Å². The molecule has 0 saturated carbocycles. The Kier molecular flexibility index (Phi) is 4.85. The molecule has 0 aliphatic heterocycles. The Bertz CT molecular complexity index is 1230. The molecule has 4 aromatic carbocycles. The maximum Gasteiger partial charge on any atom is 0.0161 e. The molecule has 0 aliphatic rings. The fraction of sp³-hybridized carbons (Fsp3) is 0. The summed E-state index contributed by atoms with van der Waals surface area (Å²) >= 11 is 0. The van der Waals surface area contributed by atoms with Gasteiger partial charge in [-0.3, -0.25) is 0 Å². The van der Waals surface area contributed by atoms with Crippen LogP contribution in [0.25, 0.3) is 43.9 Å². The minimum absolute atomic E-state index is 0. The van der Waals surface area contributed by atoms with Crippen molar-refractivity contribution in [1.29, 1.82) is 0 Å². The van der Waals surface area contributed by atoms with Gasteiger partial charge in [0.05, 0.1) is 0 Å². The minimum Gasteiger partial charge on any atom is -0.304 e. The number of nitrogens with zero attached hydrogens (tertiary/aromatic N) is 1. The normalized spacial score (nSPS) is 10.7. The summed E-state index contributed by atoms with van der Waals surface area (Å²) in [5.74, 6) is 0. The van der Waals surface area contributed by atoms with E-state index in [0.717, 1.165) is 16.3 Å². The molecule has 0 bridgehead atoms. The molecule has 0 atom stereocenters. The summed E-state index contributed by atoms with van der Waals surface area (Å²) in [6.07, 6.45) is 1.85. The van der Waals surface area contributed by atoms with E-state index in [2.05, 4.69) is 89.9 Å². The van der Waals surface area contributed by atoms with Gasteiger partial charge in [0.1, 0.15) is 0 Å². The molecule has 1 aromatic heterocycles. The van der Waals surface area contributed by atoms with Gasteiger partial charge in [-0.2, -0.15) is 0 Å². The van der Waals surface area contributed by atoms with E-state index in [4.69, 9.17) is 0 Å². The quantitative estimate of drug-likeness (QED) is 0.190. The van der Waals surface area contributed by atoms with Gasteiger partial charge in [-0.1, -0.05) is 83.7 Å². The zero-order valence-electron chi connectivity index (χ0n) is 14.5. The molecule has 0 fully saturated rings. The summed E-state index contributed by atoms with van der Waals surface area (Å²) in [7, 11) is 0. The van der Waals surface area contributed by atoms with Crippen molar-refractivity contribution in [1.82, 2.24) is 4.98 Å². The van der Waals surface area contributed by atoms with Gasteiger partial charge in [-0.25, -0.2) is 0 Å². The Morgan fingerprint density at radius 1 is 0.630 bits per heavy atom. The van der Waals surface area contributed by atoms with Crippen LogP contribution in [0, 0.1) is 6.07 Å². The first-order valence-corrected chi connectivity index (χ1v) is 8.75. The minimum atomic E-state index is 0. The number of pyridine rings is 1. The third-order valence-corrected chi connectivity index (χ3v) is 4.84. The van der Waals surface area contributed by atoms with E-state index in [1.165, 1.54) is 27.6 Å². The number of rotatable bonds is 2. The molecule has 5 aromatic rings. The van der Waals surface area contributed by atoms with E-state index in [1.54, 1.807) is 0 Å². The van der Waals surface area contributed by atoms with E-state index < -0.39 is 0 Å². The zero-order valence-corrected chi connectivity index (χ0v) is 16.9. The van der Waals surface area contributed by atoms with E-state index in [-0.39, 0.29) is 20.1 Å². The van der Waals surface area contributed by atoms with Gasteiger partial charge in [0.15, 0.2) is 0 Å². The molecule has 0 amide bonds. The molecule has 0 saturated heterocycles. The smallest absolute Gasteiger partial charge is 0.0161 e. The van der Waals surface area contributed by atoms with Crippen LogP contribution in [-0.2, 0) is 20.1 Å². The summed E-state index contributed by atoms with van der Waals surface area (Å²) in [6.45, 7) is 0. The average Bonchev–Trinajstić information content (AvgIpc) is 2.74. The van der Waals surface area contributed by atoms with Crippen molar-refractivity contribution in [3.63, 3.8) is 0 Å². The monoisotopic (exact) mass is 523 g/mol. The molecule has 0 aliphatic carbocycles. The number of hydrogen-bond donors (Lipinski definition) is 0. The van der Waals surface area contributed by atoms with E-state index in [9.17, 15) is 0 Å². The Balaban J connectivity index is 0.00000180. The van der Waals surface area contributed by atoms with Crippen LogP contribution >= 0.6 is 0 Å². The molecule has 1 nitrogen and oxygen atoms in total. The first-order chi connectivity index (χ1) is 12.9. The van der Waals surface area contributed by atoms with E-state index >= 15 is 0 Å². The second-order valence-electron chi connectivity index (χ2n) is 6.37. The number of benzene rings is 4. The van der Waals surface area contributed by atoms with Crippen LogP contribution in [0.5, 0.6) is 0 Å². The van der Waals surface area contributed by atoms with Crippen molar-refractivity contribution in [3.05, 3.63) is 103 Å². The van der Waals surface area contributed by atoms with Crippen LogP contribution in [0.15, 0.2) is 97.2 Å². The summed E-state index contributed by atoms with van der Waals surface area (Å²) < 4.78 is 0. The van der Waals surface area contributed by atoms with Crippen molar-refractivity contribution in [3.8, 4) is 22.3 Å². The van der Waals surface area contributed by atoms with Crippen LogP contribution in [0.3, 0.4) is 0 Å². The van der Waals surface area contributed by atoms with Gasteiger partial charge in [0.25, 0.3) is 0 Å². The molecule has 131 valence electrons. The third kappa shape index (κ3) is 3.08. The molecular weight excluding hydrogens is 506 g/mol. The van der Waals surface area contributed by atoms with Gasteiger partial charge in [0, 0.05) is 26.3 Å². The van der Waals surface area contributed by atoms with Crippen LogP contribution in [-0.4, -0.2) is 4.98 Å². The van der Waals surface area contributed by atoms with Crippen molar-refractivity contribution < 1.29 is 20.1 Å². The molecular formula is C25H16IrN-. The van der Waals surface area contributed by atoms with Gasteiger partial charge in [-0.05, 0) is 33.7 Å². The third-order valence-electron chi connectivity index (χ3n) is 4.84. The first-order valence-electron chi connectivity index (χ1n) is 8.75. The van der Waals surface area contributed by atoms with Crippen molar-refractivity contribution in [2.24, 2.45) is 0 Å². The van der Waals surface area contributed by atoms with Crippen LogP contribution in [0.1, 0.15) is 0 Å². The second kappa shape index (κ2) is 7.44. The molecule has 0 N–H and O–H groups in total. The van der Waals surface area contributed by atoms with Crippen LogP contribution in [0.4, 0.5) is 0 Å². The first kappa shape index (κ1) is 17.6. The van der Waals surface area contributed by atoms with Crippen molar-refractivity contribution >= 4 is 21.7 Å². The summed E-state index contributed by atoms with van der Waals surface area (Å²) in [4.78, 5) is 4.59. The molecule has 5 rings (SSSR count). The van der Waals surface area contributed by atoms with Gasteiger partial charge >= 0.3 is 0 Å². The fourth-order valence-electron chi connectivity index (χ4n) is 3.64. The predicted molar refractivity (Wildman–Crippen MR) is 109 cm³/mol. The fourth-order valence-corrected chi connectivity index (χ4v) is 3.64. The zero-order chi connectivity index (χ0) is 17.3. The average molecular weight is 523 g/mol. The standard InChI is InChI=1S/C25H16N.Ir/c1-2-8-18(9-3-1)20-11-4-5-12-21(20)22-13-6-14-24-23(22)16-15-19-10-7-17-26-25(19)24;/h1-13,15-17H;/q-1;. The van der Waals surface area contributed by atoms with Crippen LogP contribution in [0.2, 0.25) is 0 Å². The Morgan fingerprint density at radius 3 is 2.26 bits per heavy atom. The number of fused-ring (bicyclic) bond motifs is 3. The van der Waals surface area contributed by atoms with Gasteiger partial charge in [0.2, 0.25) is 0 Å². The Hall–Kier alpha value is -2.80. The van der Waals surface area contributed by atoms with Crippen LogP contribution < -0.4 is 0 Å². The van der Waals surface area contributed by atoms with Gasteiger partial charge in [-0.15, -0.1) is 23.6 Å². The van der Waals surface area contributed by atoms with Gasteiger partial charge < -0.3 is 4.98 Å². The largest absolute Gasteiger partial charge is 0.304 e. The molecule has 27 heavy (non-hydrogen) atoms. The predicted octanol–water partition coefficient (Wildman–Crippen LogP) is 6.52. The number of aromatic nitrogens is 1. The van der Waals surface area contributed by atoms with Crippen molar-refractivity contribution in [2.45, 2.75) is 0 Å². The Labute approximate surface area is 172 Å². The molecule has 0 spiro atoms. The summed E-state index contributed by atoms with van der Waals surface area (Å²) in [5, 5.41) is 3.40. The summed E-state index contributed by atoms with van der Waals surface area (Å²) in [6, 6.07) is 35.1. The summed E-state index contributed by atoms with van der Waals surface area (Å²) in [5.41, 5.74) is 5.91. The molecule has 1 radical (unpaired) electrons. The van der Waals surface area contributed by atoms with Crippen molar-refractivity contribution in [2.75, 3.05) is 0 Å². The molecule has 1 heterocycles. The Morgan fingerprint density at radius 2 is 1.41 bits per heavy atom. The second-order valence-corrected chi connectivity index (χ2v) is 6.37. The molecule has 2 heteroatoms.